The predicted octanol–water partition coefficient (Wildman–Crippen LogP) is 1.62. The number of aliphatic carboxylic acids is 1. The highest BCUT2D eigenvalue weighted by atomic mass is 32.2. The highest BCUT2D eigenvalue weighted by Crippen LogP contribution is 2.34. The molecule has 3 heterocycles. The van der Waals surface area contributed by atoms with Crippen molar-refractivity contribution in [2.45, 2.75) is 6.54 Å². The zero-order chi connectivity index (χ0) is 21.3. The molecular weight excluding hydrogens is 410 g/mol. The van der Waals surface area contributed by atoms with Crippen LogP contribution in [0.15, 0.2) is 35.4 Å². The Labute approximate surface area is 175 Å². The summed E-state index contributed by atoms with van der Waals surface area (Å²) in [5, 5.41) is 9.12. The number of hydrogen-bond donors (Lipinski definition) is 1. The minimum absolute atomic E-state index is 0.0209. The molecular formula is C20H19N3O6S. The Morgan fingerprint density at radius 1 is 1.13 bits per heavy atom. The zero-order valence-corrected chi connectivity index (χ0v) is 16.8. The van der Waals surface area contributed by atoms with Crippen molar-refractivity contribution in [3.8, 4) is 0 Å². The molecule has 2 aliphatic heterocycles. The maximum Gasteiger partial charge on any atom is 0.323 e. The number of rotatable bonds is 5. The topological polar surface area (TPSA) is 109 Å². The lowest BCUT2D eigenvalue weighted by Gasteiger charge is -2.27. The molecule has 0 atom stereocenters. The molecule has 0 unspecified atom stereocenters. The van der Waals surface area contributed by atoms with Crippen LogP contribution in [0, 0.1) is 0 Å². The lowest BCUT2D eigenvalue weighted by molar-refractivity contribution is -0.140. The zero-order valence-electron chi connectivity index (χ0n) is 15.9. The number of morpholine rings is 1. The molecule has 1 aromatic heterocycles. The number of carbonyl (C=O) groups is 4. The Kier molecular flexibility index (Phi) is 5.60. The lowest BCUT2D eigenvalue weighted by atomic mass is 10.1. The van der Waals surface area contributed by atoms with Crippen LogP contribution < -0.4 is 0 Å². The summed E-state index contributed by atoms with van der Waals surface area (Å²) in [4.78, 5) is 50.7. The van der Waals surface area contributed by atoms with Gasteiger partial charge in [0.05, 0.1) is 18.1 Å². The summed E-state index contributed by atoms with van der Waals surface area (Å²) in [7, 11) is 0. The van der Waals surface area contributed by atoms with E-state index in [0.717, 1.165) is 10.9 Å². The van der Waals surface area contributed by atoms with E-state index in [9.17, 15) is 19.2 Å². The number of ether oxygens (including phenoxy) is 1. The van der Waals surface area contributed by atoms with Gasteiger partial charge in [-0.25, -0.2) is 0 Å². The highest BCUT2D eigenvalue weighted by Gasteiger charge is 2.36. The molecule has 156 valence electrons. The van der Waals surface area contributed by atoms with Crippen molar-refractivity contribution in [2.75, 3.05) is 32.8 Å². The first-order valence-corrected chi connectivity index (χ1v) is 10.2. The van der Waals surface area contributed by atoms with Crippen LogP contribution in [0.1, 0.15) is 5.56 Å². The fourth-order valence-corrected chi connectivity index (χ4v) is 4.32. The Bertz CT molecular complexity index is 1070. The van der Waals surface area contributed by atoms with Crippen LogP contribution in [0.3, 0.4) is 0 Å². The van der Waals surface area contributed by atoms with E-state index in [0.29, 0.717) is 48.5 Å². The van der Waals surface area contributed by atoms with Crippen LogP contribution >= 0.6 is 11.8 Å². The molecule has 2 fully saturated rings. The smallest absolute Gasteiger partial charge is 0.323 e. The average Bonchev–Trinajstić information content (AvgIpc) is 3.21. The molecule has 1 aromatic carbocycles. The SMILES string of the molecule is O=C(O)CN1C(=O)SC(=Cc2cn(CC(=O)N3CCOCC3)c3ccccc23)C1=O. The number of hydrogen-bond acceptors (Lipinski definition) is 6. The van der Waals surface area contributed by atoms with Gasteiger partial charge >= 0.3 is 5.97 Å². The molecule has 0 aliphatic carbocycles. The number of carbonyl (C=O) groups excluding carboxylic acids is 3. The maximum atomic E-state index is 12.7. The highest BCUT2D eigenvalue weighted by molar-refractivity contribution is 8.18. The predicted molar refractivity (Wildman–Crippen MR) is 110 cm³/mol. The van der Waals surface area contributed by atoms with E-state index in [4.69, 9.17) is 9.84 Å². The van der Waals surface area contributed by atoms with Gasteiger partial charge in [0, 0.05) is 35.8 Å². The molecule has 0 saturated carbocycles. The largest absolute Gasteiger partial charge is 0.480 e. The first-order valence-electron chi connectivity index (χ1n) is 9.34. The fourth-order valence-electron chi connectivity index (χ4n) is 3.49. The standard InChI is InChI=1S/C20H19N3O6S/c24-17(21-5-7-29-8-6-21)11-22-10-13(14-3-1-2-4-15(14)22)9-16-19(27)23(12-18(25)26)20(28)30-16/h1-4,9-10H,5-8,11-12H2,(H,25,26). The summed E-state index contributed by atoms with van der Waals surface area (Å²) in [6, 6.07) is 7.47. The van der Waals surface area contributed by atoms with E-state index < -0.39 is 23.7 Å². The van der Waals surface area contributed by atoms with Gasteiger partial charge in [-0.05, 0) is 23.9 Å². The van der Waals surface area contributed by atoms with Gasteiger partial charge in [-0.3, -0.25) is 24.1 Å². The van der Waals surface area contributed by atoms with Gasteiger partial charge < -0.3 is 19.3 Å². The number of para-hydroxylation sites is 1. The van der Waals surface area contributed by atoms with Gasteiger partial charge in [0.1, 0.15) is 13.1 Å². The molecule has 2 saturated heterocycles. The van der Waals surface area contributed by atoms with Crippen molar-refractivity contribution in [1.82, 2.24) is 14.4 Å². The van der Waals surface area contributed by atoms with Crippen molar-refractivity contribution in [3.63, 3.8) is 0 Å². The van der Waals surface area contributed by atoms with E-state index in [2.05, 4.69) is 0 Å². The van der Waals surface area contributed by atoms with E-state index >= 15 is 0 Å². The second kappa shape index (κ2) is 8.33. The molecule has 0 spiro atoms. The summed E-state index contributed by atoms with van der Waals surface area (Å²) >= 11 is 0.710. The van der Waals surface area contributed by atoms with E-state index in [-0.39, 0.29) is 17.4 Å². The van der Waals surface area contributed by atoms with Crippen LogP contribution in [0.5, 0.6) is 0 Å². The quantitative estimate of drug-likeness (QED) is 0.720. The van der Waals surface area contributed by atoms with E-state index in [1.54, 1.807) is 17.2 Å². The number of benzene rings is 1. The molecule has 0 bridgehead atoms. The van der Waals surface area contributed by atoms with Crippen LogP contribution in [0.4, 0.5) is 4.79 Å². The molecule has 2 aromatic rings. The van der Waals surface area contributed by atoms with Crippen LogP contribution in [-0.2, 0) is 25.7 Å². The van der Waals surface area contributed by atoms with E-state index in [1.165, 1.54) is 0 Å². The minimum Gasteiger partial charge on any atom is -0.480 e. The van der Waals surface area contributed by atoms with Crippen molar-refractivity contribution < 1.29 is 29.0 Å². The van der Waals surface area contributed by atoms with Crippen molar-refractivity contribution in [1.29, 1.82) is 0 Å². The third-order valence-corrected chi connectivity index (χ3v) is 5.85. The Balaban J connectivity index is 1.63. The minimum atomic E-state index is -1.25. The summed E-state index contributed by atoms with van der Waals surface area (Å²) in [6.07, 6.45) is 3.35. The molecule has 0 radical (unpaired) electrons. The summed E-state index contributed by atoms with van der Waals surface area (Å²) in [6.45, 7) is 1.64. The number of amides is 3. The number of aromatic nitrogens is 1. The molecule has 1 N–H and O–H groups in total. The number of imide groups is 1. The van der Waals surface area contributed by atoms with Crippen molar-refractivity contribution >= 4 is 51.8 Å². The fraction of sp³-hybridized carbons (Fsp3) is 0.300. The average molecular weight is 429 g/mol. The Morgan fingerprint density at radius 3 is 2.60 bits per heavy atom. The number of carboxylic acid groups (broad SMARTS) is 1. The van der Waals surface area contributed by atoms with Gasteiger partial charge in [-0.1, -0.05) is 18.2 Å². The third kappa shape index (κ3) is 3.96. The van der Waals surface area contributed by atoms with E-state index in [1.807, 2.05) is 28.8 Å². The Morgan fingerprint density at radius 2 is 1.87 bits per heavy atom. The van der Waals surface area contributed by atoms with Gasteiger partial charge in [0.25, 0.3) is 11.1 Å². The van der Waals surface area contributed by atoms with Crippen molar-refractivity contribution in [3.05, 3.63) is 40.9 Å². The molecule has 2 aliphatic rings. The second-order valence-corrected chi connectivity index (χ2v) is 7.88. The maximum absolute atomic E-state index is 12.7. The van der Waals surface area contributed by atoms with Crippen LogP contribution in [0.2, 0.25) is 0 Å². The normalized spacial score (nSPS) is 18.6. The monoisotopic (exact) mass is 429 g/mol. The molecule has 4 rings (SSSR count). The van der Waals surface area contributed by atoms with Gasteiger partial charge in [0.15, 0.2) is 0 Å². The lowest BCUT2D eigenvalue weighted by Crippen LogP contribution is -2.42. The first-order chi connectivity index (χ1) is 14.4. The molecule has 30 heavy (non-hydrogen) atoms. The van der Waals surface area contributed by atoms with Gasteiger partial charge in [-0.15, -0.1) is 0 Å². The number of thioether (sulfide) groups is 1. The van der Waals surface area contributed by atoms with Crippen LogP contribution in [-0.4, -0.2) is 75.3 Å². The summed E-state index contributed by atoms with van der Waals surface area (Å²) < 4.78 is 7.11. The van der Waals surface area contributed by atoms with Crippen molar-refractivity contribution in [2.24, 2.45) is 0 Å². The van der Waals surface area contributed by atoms with Gasteiger partial charge in [0.2, 0.25) is 5.91 Å². The third-order valence-electron chi connectivity index (χ3n) is 4.94. The summed E-state index contributed by atoms with van der Waals surface area (Å²) in [5.74, 6) is -1.90. The second-order valence-electron chi connectivity index (χ2n) is 6.88. The van der Waals surface area contributed by atoms with Gasteiger partial charge in [-0.2, -0.15) is 0 Å². The molecule has 3 amide bonds. The first kappa shape index (κ1) is 20.2. The molecule has 10 heteroatoms. The number of nitrogens with zero attached hydrogens (tertiary/aromatic N) is 3. The molecule has 9 nitrogen and oxygen atoms in total. The Hall–Kier alpha value is -3.11. The number of carboxylic acids is 1. The number of fused-ring (bicyclic) bond motifs is 1. The van der Waals surface area contributed by atoms with Crippen LogP contribution in [0.25, 0.3) is 17.0 Å². The summed E-state index contributed by atoms with van der Waals surface area (Å²) in [5.41, 5.74) is 1.51.